The molecule has 3 aromatic carbocycles. The summed E-state index contributed by atoms with van der Waals surface area (Å²) in [6, 6.07) is 9.56. The van der Waals surface area contributed by atoms with Crippen molar-refractivity contribution in [3.63, 3.8) is 0 Å². The second-order valence-electron chi connectivity index (χ2n) is 8.24. The summed E-state index contributed by atoms with van der Waals surface area (Å²) in [5, 5.41) is 62.0. The number of phenols is 3. The lowest BCUT2D eigenvalue weighted by Gasteiger charge is -2.40. The van der Waals surface area contributed by atoms with Gasteiger partial charge in [0.2, 0.25) is 12.0 Å². The lowest BCUT2D eigenvalue weighted by Crippen LogP contribution is -2.60. The van der Waals surface area contributed by atoms with E-state index in [-0.39, 0.29) is 50.8 Å². The number of aliphatic hydroxyl groups is 3. The van der Waals surface area contributed by atoms with Crippen LogP contribution in [0.5, 0.6) is 34.5 Å². The molecule has 5 atom stereocenters. The molecule has 0 unspecified atom stereocenters. The third kappa shape index (κ3) is 5.00. The molecule has 0 amide bonds. The molecular weight excluding hydrogens is 492 g/mol. The highest BCUT2D eigenvalue weighted by molar-refractivity contribution is 5.97. The first-order valence-corrected chi connectivity index (χ1v) is 11.1. The van der Waals surface area contributed by atoms with Gasteiger partial charge in [0.25, 0.3) is 0 Å². The Bertz CT molecular complexity index is 1270. The van der Waals surface area contributed by atoms with Gasteiger partial charge in [-0.2, -0.15) is 0 Å². The van der Waals surface area contributed by atoms with E-state index in [2.05, 4.69) is 0 Å². The number of carbonyl (C=O) groups excluding carboxylic acids is 1. The highest BCUT2D eigenvalue weighted by atomic mass is 16.7. The zero-order valence-electron chi connectivity index (χ0n) is 19.8. The van der Waals surface area contributed by atoms with Crippen LogP contribution in [0.1, 0.15) is 10.4 Å². The number of hydrogen-bond donors (Lipinski definition) is 6. The minimum atomic E-state index is -1.73. The number of fused-ring (bicyclic) bond motifs is 1. The summed E-state index contributed by atoms with van der Waals surface area (Å²) >= 11 is 0. The van der Waals surface area contributed by atoms with Gasteiger partial charge in [0.15, 0.2) is 11.5 Å². The van der Waals surface area contributed by atoms with Gasteiger partial charge in [-0.3, -0.25) is 0 Å². The van der Waals surface area contributed by atoms with Gasteiger partial charge < -0.3 is 54.3 Å². The van der Waals surface area contributed by atoms with Crippen molar-refractivity contribution in [2.24, 2.45) is 0 Å². The Morgan fingerprint density at radius 2 is 1.54 bits per heavy atom. The second-order valence-corrected chi connectivity index (χ2v) is 8.24. The average molecular weight is 518 g/mol. The minimum Gasteiger partial charge on any atom is -0.507 e. The molecule has 198 valence electrons. The van der Waals surface area contributed by atoms with Crippen LogP contribution >= 0.6 is 0 Å². The summed E-state index contributed by atoms with van der Waals surface area (Å²) in [6.07, 6.45) is -7.93. The van der Waals surface area contributed by atoms with E-state index in [0.29, 0.717) is 0 Å². The zero-order chi connectivity index (χ0) is 26.9. The highest BCUT2D eigenvalue weighted by Gasteiger charge is 2.45. The fraction of sp³-hybridized carbons (Fsp3) is 0.320. The predicted molar refractivity (Wildman–Crippen MR) is 126 cm³/mol. The lowest BCUT2D eigenvalue weighted by molar-refractivity contribution is -0.277. The third-order valence-corrected chi connectivity index (χ3v) is 5.96. The molecule has 1 saturated heterocycles. The summed E-state index contributed by atoms with van der Waals surface area (Å²) in [5.74, 6) is -1.55. The highest BCUT2D eigenvalue weighted by Crippen LogP contribution is 2.40. The lowest BCUT2D eigenvalue weighted by atomic mass is 9.99. The smallest absolute Gasteiger partial charge is 0.338 e. The van der Waals surface area contributed by atoms with Gasteiger partial charge in [0.05, 0.1) is 25.2 Å². The number of ether oxygens (including phenoxy) is 5. The van der Waals surface area contributed by atoms with E-state index in [1.165, 1.54) is 50.6 Å². The van der Waals surface area contributed by atoms with Crippen molar-refractivity contribution in [3.8, 4) is 34.5 Å². The van der Waals surface area contributed by atoms with E-state index in [0.717, 1.165) is 0 Å². The van der Waals surface area contributed by atoms with Crippen LogP contribution in [0.4, 0.5) is 0 Å². The van der Waals surface area contributed by atoms with Crippen LogP contribution in [0, 0.1) is 0 Å². The third-order valence-electron chi connectivity index (χ3n) is 5.96. The molecule has 12 heteroatoms. The molecular formula is C25H26O12. The first kappa shape index (κ1) is 26.1. The standard InChI is InChI=1S/C25H26O12/c1-33-16-8-11(9-17(34-2)20(16)28)24(32)35-10-18-21(29)22(30)23(31)25(37-18)36-15-7-6-13(26)12-4-3-5-14(27)19(12)15/h3-9,18,21-23,25-31H,10H2,1-2H3/t18-,21-,22+,23-,25-/m1/s1. The fourth-order valence-corrected chi connectivity index (χ4v) is 3.97. The van der Waals surface area contributed by atoms with Gasteiger partial charge in [-0.25, -0.2) is 4.79 Å². The van der Waals surface area contributed by atoms with Crippen LogP contribution in [-0.2, 0) is 9.47 Å². The molecule has 3 aromatic rings. The predicted octanol–water partition coefficient (Wildman–Crippen LogP) is 1.02. The Hall–Kier alpha value is -3.97. The first-order chi connectivity index (χ1) is 17.7. The van der Waals surface area contributed by atoms with Crippen LogP contribution in [0.15, 0.2) is 42.5 Å². The molecule has 4 rings (SSSR count). The van der Waals surface area contributed by atoms with Crippen molar-refractivity contribution in [2.45, 2.75) is 30.7 Å². The van der Waals surface area contributed by atoms with E-state index in [1.54, 1.807) is 6.07 Å². The number of carbonyl (C=O) groups is 1. The number of aromatic hydroxyl groups is 3. The molecule has 0 saturated carbocycles. The molecule has 37 heavy (non-hydrogen) atoms. The number of hydrogen-bond acceptors (Lipinski definition) is 12. The van der Waals surface area contributed by atoms with Crippen molar-refractivity contribution >= 4 is 16.7 Å². The van der Waals surface area contributed by atoms with E-state index < -0.39 is 43.3 Å². The van der Waals surface area contributed by atoms with Crippen molar-refractivity contribution in [1.29, 1.82) is 0 Å². The second kappa shape index (κ2) is 10.6. The number of rotatable bonds is 7. The molecule has 12 nitrogen and oxygen atoms in total. The SMILES string of the molecule is COc1cc(C(=O)OC[C@H]2O[C@@H](Oc3ccc(O)c4cccc(O)c34)[C@H](O)[C@@H](O)[C@@H]2O)cc(OC)c1O. The Morgan fingerprint density at radius 1 is 0.865 bits per heavy atom. The van der Waals surface area contributed by atoms with Gasteiger partial charge >= 0.3 is 5.97 Å². The maximum atomic E-state index is 12.6. The molecule has 0 radical (unpaired) electrons. The number of aliphatic hydroxyl groups excluding tert-OH is 3. The summed E-state index contributed by atoms with van der Waals surface area (Å²) in [6.45, 7) is -0.545. The van der Waals surface area contributed by atoms with Gasteiger partial charge in [-0.15, -0.1) is 0 Å². The van der Waals surface area contributed by atoms with Gasteiger partial charge in [0, 0.05) is 5.39 Å². The van der Waals surface area contributed by atoms with E-state index >= 15 is 0 Å². The number of benzene rings is 3. The van der Waals surface area contributed by atoms with Crippen LogP contribution in [0.25, 0.3) is 10.8 Å². The molecule has 1 fully saturated rings. The van der Waals surface area contributed by atoms with Crippen LogP contribution in [0.3, 0.4) is 0 Å². The molecule has 1 aliphatic heterocycles. The summed E-state index contributed by atoms with van der Waals surface area (Å²) in [5.41, 5.74) is -0.0313. The van der Waals surface area contributed by atoms with Crippen LogP contribution < -0.4 is 14.2 Å². The first-order valence-electron chi connectivity index (χ1n) is 11.1. The number of esters is 1. The Kier molecular flexibility index (Phi) is 7.45. The van der Waals surface area contributed by atoms with Crippen molar-refractivity contribution in [2.75, 3.05) is 20.8 Å². The maximum Gasteiger partial charge on any atom is 0.338 e. The molecule has 0 aliphatic carbocycles. The zero-order valence-corrected chi connectivity index (χ0v) is 19.8. The molecule has 6 N–H and O–H groups in total. The Morgan fingerprint density at radius 3 is 2.19 bits per heavy atom. The minimum absolute atomic E-state index is 0.0255. The number of methoxy groups -OCH3 is 2. The molecule has 1 heterocycles. The Labute approximate surface area is 210 Å². The molecule has 1 aliphatic rings. The van der Waals surface area contributed by atoms with Crippen molar-refractivity contribution in [1.82, 2.24) is 0 Å². The summed E-state index contributed by atoms with van der Waals surface area (Å²) in [4.78, 5) is 12.6. The van der Waals surface area contributed by atoms with Gasteiger partial charge in [-0.05, 0) is 30.3 Å². The van der Waals surface area contributed by atoms with Crippen LogP contribution in [0.2, 0.25) is 0 Å². The largest absolute Gasteiger partial charge is 0.507 e. The normalized spacial score (nSPS) is 23.4. The van der Waals surface area contributed by atoms with Crippen molar-refractivity contribution < 1.29 is 59.1 Å². The van der Waals surface area contributed by atoms with E-state index in [1.807, 2.05) is 0 Å². The quantitative estimate of drug-likeness (QED) is 0.244. The van der Waals surface area contributed by atoms with E-state index in [4.69, 9.17) is 23.7 Å². The van der Waals surface area contributed by atoms with Gasteiger partial charge in [-0.1, -0.05) is 12.1 Å². The van der Waals surface area contributed by atoms with Crippen LogP contribution in [-0.4, -0.2) is 88.1 Å². The summed E-state index contributed by atoms with van der Waals surface area (Å²) in [7, 11) is 2.58. The average Bonchev–Trinajstić information content (AvgIpc) is 2.89. The molecule has 0 aromatic heterocycles. The topological polar surface area (TPSA) is 185 Å². The van der Waals surface area contributed by atoms with Gasteiger partial charge in [0.1, 0.15) is 48.3 Å². The fourth-order valence-electron chi connectivity index (χ4n) is 3.97. The van der Waals surface area contributed by atoms with Crippen molar-refractivity contribution in [3.05, 3.63) is 48.0 Å². The number of phenolic OH excluding ortho intramolecular Hbond substituents is 3. The Balaban J connectivity index is 1.52. The van der Waals surface area contributed by atoms with E-state index in [9.17, 15) is 35.4 Å². The maximum absolute atomic E-state index is 12.6. The summed E-state index contributed by atoms with van der Waals surface area (Å²) < 4.78 is 26.6. The molecule has 0 bridgehead atoms. The monoisotopic (exact) mass is 518 g/mol. The molecule has 0 spiro atoms.